The summed E-state index contributed by atoms with van der Waals surface area (Å²) in [6, 6.07) is 0. The van der Waals surface area contributed by atoms with Crippen LogP contribution in [0.25, 0.3) is 0 Å². The molecule has 0 unspecified atom stereocenters. The van der Waals surface area contributed by atoms with Crippen LogP contribution in [0, 0.1) is 0 Å². The third kappa shape index (κ3) is 32.0. The number of hydrogen-bond donors (Lipinski definition) is 1. The summed E-state index contributed by atoms with van der Waals surface area (Å²) in [5.74, 6) is -4.29. The predicted molar refractivity (Wildman–Crippen MR) is 65.3 cm³/mol. The van der Waals surface area contributed by atoms with Crippen LogP contribution in [0.15, 0.2) is 0 Å². The number of carbonyl (C=O) groups is 4. The normalized spacial score (nSPS) is 8.76. The van der Waals surface area contributed by atoms with Gasteiger partial charge in [0.15, 0.2) is 0 Å². The summed E-state index contributed by atoms with van der Waals surface area (Å²) in [6.07, 6.45) is 1.31. The molecular weight excluding hydrogens is 283 g/mol. The maximum atomic E-state index is 9.88. The molecule has 0 aromatic rings. The van der Waals surface area contributed by atoms with Crippen molar-refractivity contribution in [2.24, 2.45) is 0 Å². The molecule has 21 heavy (non-hydrogen) atoms. The quantitative estimate of drug-likeness (QED) is 0.331. The van der Waals surface area contributed by atoms with Gasteiger partial charge in [-0.15, -0.1) is 0 Å². The van der Waals surface area contributed by atoms with Gasteiger partial charge < -0.3 is 34.8 Å². The van der Waals surface area contributed by atoms with E-state index < -0.39 is 23.9 Å². The van der Waals surface area contributed by atoms with Gasteiger partial charge >= 0.3 is 14.4 Å². The smallest absolute Gasteiger partial charge is 0.550 e. The average molecular weight is 300 g/mol. The first kappa shape index (κ1) is 24.0. The van der Waals surface area contributed by atoms with Gasteiger partial charge in [0.1, 0.15) is 0 Å². The minimum absolute atomic E-state index is 0. The second kappa shape index (κ2) is 16.0. The summed E-state index contributed by atoms with van der Waals surface area (Å²) in [5, 5.41) is 37.4. The van der Waals surface area contributed by atoms with Gasteiger partial charge in [0.05, 0.1) is 0 Å². The van der Waals surface area contributed by atoms with Gasteiger partial charge in [-0.2, -0.15) is 0 Å². The van der Waals surface area contributed by atoms with E-state index in [2.05, 4.69) is 0 Å². The van der Waals surface area contributed by atoms with Gasteiger partial charge in [0.2, 0.25) is 0 Å². The van der Waals surface area contributed by atoms with Crippen molar-refractivity contribution in [3.8, 4) is 0 Å². The molecular formula is C12H17BO8. The van der Waals surface area contributed by atoms with Gasteiger partial charge in [0, 0.05) is 24.3 Å². The molecule has 0 aromatic heterocycles. The van der Waals surface area contributed by atoms with E-state index in [4.69, 9.17) is 5.11 Å². The van der Waals surface area contributed by atoms with Crippen LogP contribution in [0.3, 0.4) is 0 Å². The van der Waals surface area contributed by atoms with Crippen LogP contribution in [0.5, 0.6) is 0 Å². The molecule has 0 radical (unpaired) electrons. The Kier molecular flexibility index (Phi) is 18.3. The fourth-order valence-corrected chi connectivity index (χ4v) is 1.08. The Morgan fingerprint density at radius 3 is 1.05 bits per heavy atom. The molecule has 0 saturated carbocycles. The van der Waals surface area contributed by atoms with E-state index >= 15 is 0 Å². The van der Waals surface area contributed by atoms with E-state index in [0.717, 1.165) is 0 Å². The van der Waals surface area contributed by atoms with Gasteiger partial charge in [-0.3, -0.25) is 4.79 Å². The van der Waals surface area contributed by atoms with E-state index in [1.54, 1.807) is 0 Å². The van der Waals surface area contributed by atoms with Crippen molar-refractivity contribution in [3.05, 3.63) is 0 Å². The van der Waals surface area contributed by atoms with Crippen molar-refractivity contribution in [1.29, 1.82) is 0 Å². The maximum absolute atomic E-state index is 9.88. The first-order valence-corrected chi connectivity index (χ1v) is 6.07. The number of unbranched alkanes of at least 4 members (excludes halogenated alkanes) is 2. The molecule has 0 heterocycles. The number of aliphatic carboxylic acids is 4. The topological polar surface area (TPSA) is 158 Å². The summed E-state index contributed by atoms with van der Waals surface area (Å²) in [6.45, 7) is 0. The molecule has 0 fully saturated rings. The summed E-state index contributed by atoms with van der Waals surface area (Å²) >= 11 is 0. The second-order valence-electron chi connectivity index (χ2n) is 3.92. The second-order valence-corrected chi connectivity index (χ2v) is 3.92. The Morgan fingerprint density at radius 2 is 0.857 bits per heavy atom. The molecule has 9 heteroatoms. The molecule has 0 aliphatic heterocycles. The number of rotatable bonds is 10. The number of carboxylic acids is 4. The molecule has 0 spiro atoms. The van der Waals surface area contributed by atoms with E-state index in [1.807, 2.05) is 0 Å². The number of hydrogen-bond acceptors (Lipinski definition) is 7. The number of carboxylic acid groups (broad SMARTS) is 4. The Labute approximate surface area is 124 Å². The minimum Gasteiger partial charge on any atom is -0.550 e. The van der Waals surface area contributed by atoms with E-state index in [9.17, 15) is 34.5 Å². The molecule has 0 aromatic carbocycles. The Hall–Kier alpha value is -2.06. The summed E-state index contributed by atoms with van der Waals surface area (Å²) in [4.78, 5) is 39.2. The third-order valence-electron chi connectivity index (χ3n) is 2.03. The zero-order chi connectivity index (χ0) is 16.0. The van der Waals surface area contributed by atoms with Crippen molar-refractivity contribution >= 4 is 32.3 Å². The molecule has 0 bridgehead atoms. The van der Waals surface area contributed by atoms with Crippen molar-refractivity contribution in [2.45, 2.75) is 51.4 Å². The summed E-state index contributed by atoms with van der Waals surface area (Å²) in [7, 11) is 0. The molecule has 0 aliphatic rings. The molecule has 0 amide bonds. The van der Waals surface area contributed by atoms with Crippen molar-refractivity contribution < 1.29 is 39.6 Å². The summed E-state index contributed by atoms with van der Waals surface area (Å²) in [5.41, 5.74) is 0. The summed E-state index contributed by atoms with van der Waals surface area (Å²) < 4.78 is 0. The molecule has 1 N–H and O–H groups in total. The van der Waals surface area contributed by atoms with Crippen LogP contribution >= 0.6 is 0 Å². The fourth-order valence-electron chi connectivity index (χ4n) is 1.08. The zero-order valence-electron chi connectivity index (χ0n) is 11.5. The van der Waals surface area contributed by atoms with Crippen LogP contribution in [-0.4, -0.2) is 37.4 Å². The molecule has 116 valence electrons. The van der Waals surface area contributed by atoms with Crippen LogP contribution in [0.2, 0.25) is 0 Å². The van der Waals surface area contributed by atoms with Gasteiger partial charge in [-0.25, -0.2) is 0 Å². The molecule has 0 aliphatic carbocycles. The Bertz CT molecular complexity index is 265. The van der Waals surface area contributed by atoms with Crippen LogP contribution in [0.4, 0.5) is 0 Å². The standard InChI is InChI=1S/2C6H10O4.B/c2*7-5(8)3-1-2-4-6(9)10;/h2*1-4H2,(H,7,8)(H,9,10);/q;;+3/p-3. The van der Waals surface area contributed by atoms with Crippen LogP contribution in [0.1, 0.15) is 51.4 Å². The molecule has 0 atom stereocenters. The minimum atomic E-state index is -1.14. The van der Waals surface area contributed by atoms with Crippen molar-refractivity contribution in [3.63, 3.8) is 0 Å². The van der Waals surface area contributed by atoms with E-state index in [0.29, 0.717) is 25.7 Å². The maximum Gasteiger partial charge on any atom is 3.00 e. The Morgan fingerprint density at radius 1 is 0.619 bits per heavy atom. The van der Waals surface area contributed by atoms with Crippen molar-refractivity contribution in [2.75, 3.05) is 0 Å². The average Bonchev–Trinajstić information content (AvgIpc) is 2.30. The largest absolute Gasteiger partial charge is 3.00 e. The van der Waals surface area contributed by atoms with Crippen molar-refractivity contribution in [1.82, 2.24) is 0 Å². The molecule has 0 rings (SSSR count). The third-order valence-corrected chi connectivity index (χ3v) is 2.03. The van der Waals surface area contributed by atoms with Gasteiger partial charge in [-0.05, 0) is 44.9 Å². The van der Waals surface area contributed by atoms with E-state index in [-0.39, 0.29) is 34.1 Å². The zero-order valence-corrected chi connectivity index (χ0v) is 11.5. The van der Waals surface area contributed by atoms with Gasteiger partial charge in [0.25, 0.3) is 0 Å². The predicted octanol–water partition coefficient (Wildman–Crippen LogP) is -2.95. The van der Waals surface area contributed by atoms with Crippen LogP contribution in [-0.2, 0) is 19.2 Å². The SMILES string of the molecule is O=C([O-])CCCCC(=O)O.O=C([O-])CCCCC(=O)[O-].[B+3]. The Balaban J connectivity index is -0.000000295. The van der Waals surface area contributed by atoms with Gasteiger partial charge in [-0.1, -0.05) is 0 Å². The first-order chi connectivity index (χ1) is 9.25. The first-order valence-electron chi connectivity index (χ1n) is 6.07. The molecule has 0 saturated heterocycles. The van der Waals surface area contributed by atoms with E-state index in [1.165, 1.54) is 0 Å². The molecule has 8 nitrogen and oxygen atoms in total. The number of carbonyl (C=O) groups excluding carboxylic acids is 3. The van der Waals surface area contributed by atoms with Crippen LogP contribution < -0.4 is 15.3 Å². The fraction of sp³-hybridized carbons (Fsp3) is 0.667. The monoisotopic (exact) mass is 300 g/mol.